The second-order valence-corrected chi connectivity index (χ2v) is 7.08. The molecule has 0 spiro atoms. The van der Waals surface area contributed by atoms with E-state index < -0.39 is 5.97 Å². The first-order valence-corrected chi connectivity index (χ1v) is 9.01. The van der Waals surface area contributed by atoms with Gasteiger partial charge in [0.2, 0.25) is 0 Å². The fourth-order valence-corrected chi connectivity index (χ4v) is 3.68. The maximum absolute atomic E-state index is 13.0. The molecule has 0 saturated heterocycles. The number of aromatic carboxylic acids is 1. The van der Waals surface area contributed by atoms with E-state index in [1.807, 2.05) is 0 Å². The van der Waals surface area contributed by atoms with E-state index in [4.69, 9.17) is 4.98 Å². The molecular weight excluding hydrogens is 340 g/mol. The number of fused-ring (bicyclic) bond motifs is 2. The van der Waals surface area contributed by atoms with Crippen molar-refractivity contribution in [2.45, 2.75) is 33.1 Å². The molecule has 0 fully saturated rings. The highest BCUT2D eigenvalue weighted by Gasteiger charge is 2.21. The topological polar surface area (TPSA) is 71.7 Å². The smallest absolute Gasteiger partial charge is 0.337 e. The number of nitrogens with zero attached hydrogens (tertiary/aromatic N) is 2. The molecule has 1 aromatic carbocycles. The number of hydrogen-bond acceptors (Lipinski definition) is 3. The lowest BCUT2D eigenvalue weighted by Gasteiger charge is -2.19. The summed E-state index contributed by atoms with van der Waals surface area (Å²) < 4.78 is 1.35. The van der Waals surface area contributed by atoms with Crippen molar-refractivity contribution < 1.29 is 9.90 Å². The van der Waals surface area contributed by atoms with Crippen LogP contribution in [0.15, 0.2) is 41.3 Å². The number of aromatic nitrogens is 2. The molecule has 0 saturated carbocycles. The molecule has 0 amide bonds. The average Bonchev–Trinajstić information content (AvgIpc) is 2.64. The Balaban J connectivity index is 1.91. The molecule has 5 nitrogen and oxygen atoms in total. The third kappa shape index (κ3) is 3.05. The summed E-state index contributed by atoms with van der Waals surface area (Å²) in [6.45, 7) is 4.15. The molecule has 4 rings (SSSR count). The van der Waals surface area contributed by atoms with Gasteiger partial charge in [0.25, 0.3) is 5.56 Å². The van der Waals surface area contributed by atoms with Gasteiger partial charge >= 0.3 is 5.97 Å². The second kappa shape index (κ2) is 6.50. The van der Waals surface area contributed by atoms with Crippen molar-refractivity contribution in [1.82, 2.24) is 9.38 Å². The Hall–Kier alpha value is -3.21. The number of pyridine rings is 1. The number of carbonyl (C=O) groups is 1. The monoisotopic (exact) mass is 360 g/mol. The number of rotatable bonds is 2. The predicted molar refractivity (Wildman–Crippen MR) is 105 cm³/mol. The van der Waals surface area contributed by atoms with Crippen molar-refractivity contribution in [1.29, 1.82) is 0 Å². The minimum atomic E-state index is -1.06. The lowest BCUT2D eigenvalue weighted by molar-refractivity contribution is 0.0696. The number of benzene rings is 1. The zero-order valence-electron chi connectivity index (χ0n) is 15.3. The summed E-state index contributed by atoms with van der Waals surface area (Å²) in [7, 11) is 0. The molecule has 0 radical (unpaired) electrons. The van der Waals surface area contributed by atoms with Crippen molar-refractivity contribution in [3.05, 3.63) is 80.4 Å². The van der Waals surface area contributed by atoms with Crippen LogP contribution in [-0.2, 0) is 6.42 Å². The van der Waals surface area contributed by atoms with Crippen LogP contribution in [0.5, 0.6) is 0 Å². The summed E-state index contributed by atoms with van der Waals surface area (Å²) in [5, 5.41) is 9.18. The summed E-state index contributed by atoms with van der Waals surface area (Å²) in [6, 6.07) is 9.39. The third-order valence-corrected chi connectivity index (χ3v) is 5.10. The maximum atomic E-state index is 13.0. The van der Waals surface area contributed by atoms with Crippen LogP contribution in [0.25, 0.3) is 17.3 Å². The van der Waals surface area contributed by atoms with Crippen LogP contribution in [0, 0.1) is 13.8 Å². The van der Waals surface area contributed by atoms with E-state index in [9.17, 15) is 14.7 Å². The van der Waals surface area contributed by atoms with Crippen molar-refractivity contribution in [2.75, 3.05) is 0 Å². The standard InChI is InChI=1S/C22H20N2O3/c1-13-6-7-15(14(2)10-13)11-16-4-3-5-18-20(16)23-19-9-8-17(22(26)27)12-24(19)21(18)25/h6-12H,3-5H2,1-2H3,(H,26,27)/b16-11-. The lowest BCUT2D eigenvalue weighted by Crippen LogP contribution is -2.25. The summed E-state index contributed by atoms with van der Waals surface area (Å²) in [5.74, 6) is -1.06. The largest absolute Gasteiger partial charge is 0.478 e. The van der Waals surface area contributed by atoms with Crippen molar-refractivity contribution in [3.8, 4) is 0 Å². The van der Waals surface area contributed by atoms with Crippen LogP contribution in [-0.4, -0.2) is 20.5 Å². The van der Waals surface area contributed by atoms with E-state index in [2.05, 4.69) is 38.1 Å². The van der Waals surface area contributed by atoms with E-state index in [0.29, 0.717) is 17.6 Å². The Morgan fingerprint density at radius 1 is 1.19 bits per heavy atom. The molecule has 2 heterocycles. The zero-order chi connectivity index (χ0) is 19.1. The first-order chi connectivity index (χ1) is 12.9. The number of carboxylic acid groups (broad SMARTS) is 1. The van der Waals surface area contributed by atoms with E-state index in [0.717, 1.165) is 29.7 Å². The average molecular weight is 360 g/mol. The molecule has 136 valence electrons. The molecule has 1 aliphatic rings. The minimum absolute atomic E-state index is 0.0770. The molecule has 0 bridgehead atoms. The van der Waals surface area contributed by atoms with Gasteiger partial charge in [-0.1, -0.05) is 23.8 Å². The SMILES string of the molecule is Cc1ccc(/C=C2/CCCc3c2nc2ccc(C(=O)O)cn2c3=O)c(C)c1. The van der Waals surface area contributed by atoms with Crippen LogP contribution in [0.1, 0.15) is 51.1 Å². The highest BCUT2D eigenvalue weighted by Crippen LogP contribution is 2.30. The van der Waals surface area contributed by atoms with E-state index in [1.54, 1.807) is 6.07 Å². The van der Waals surface area contributed by atoms with Gasteiger partial charge in [-0.05, 0) is 68.0 Å². The molecule has 27 heavy (non-hydrogen) atoms. The Morgan fingerprint density at radius 2 is 2.00 bits per heavy atom. The van der Waals surface area contributed by atoms with Gasteiger partial charge in [0.1, 0.15) is 5.65 Å². The Labute approximate surface area is 156 Å². The third-order valence-electron chi connectivity index (χ3n) is 5.10. The summed E-state index contributed by atoms with van der Waals surface area (Å²) in [5.41, 5.74) is 6.38. The van der Waals surface area contributed by atoms with Gasteiger partial charge in [0.05, 0.1) is 11.3 Å². The molecule has 3 aromatic rings. The maximum Gasteiger partial charge on any atom is 0.337 e. The molecule has 0 unspecified atom stereocenters. The Morgan fingerprint density at radius 3 is 2.74 bits per heavy atom. The first kappa shape index (κ1) is 17.2. The molecule has 1 N–H and O–H groups in total. The fraction of sp³-hybridized carbons (Fsp3) is 0.227. The number of hydrogen-bond donors (Lipinski definition) is 1. The Bertz CT molecular complexity index is 1170. The van der Waals surface area contributed by atoms with Crippen LogP contribution in [0.3, 0.4) is 0 Å². The first-order valence-electron chi connectivity index (χ1n) is 9.01. The van der Waals surface area contributed by atoms with Crippen LogP contribution < -0.4 is 5.56 Å². The van der Waals surface area contributed by atoms with Gasteiger partial charge in [-0.15, -0.1) is 0 Å². The fourth-order valence-electron chi connectivity index (χ4n) is 3.68. The van der Waals surface area contributed by atoms with Gasteiger partial charge < -0.3 is 5.11 Å². The normalized spacial score (nSPS) is 15.1. The summed E-state index contributed by atoms with van der Waals surface area (Å²) >= 11 is 0. The number of aryl methyl sites for hydroxylation is 2. The van der Waals surface area contributed by atoms with Crippen LogP contribution >= 0.6 is 0 Å². The number of allylic oxidation sites excluding steroid dienone is 1. The van der Waals surface area contributed by atoms with Crippen molar-refractivity contribution >= 4 is 23.3 Å². The highest BCUT2D eigenvalue weighted by atomic mass is 16.4. The zero-order valence-corrected chi connectivity index (χ0v) is 15.3. The lowest BCUT2D eigenvalue weighted by atomic mass is 9.90. The quantitative estimate of drug-likeness (QED) is 0.753. The molecule has 0 atom stereocenters. The van der Waals surface area contributed by atoms with E-state index in [1.165, 1.54) is 27.8 Å². The Kier molecular flexibility index (Phi) is 4.15. The van der Waals surface area contributed by atoms with Gasteiger partial charge in [-0.3, -0.25) is 9.20 Å². The summed E-state index contributed by atoms with van der Waals surface area (Å²) in [6.07, 6.45) is 5.89. The van der Waals surface area contributed by atoms with Crippen molar-refractivity contribution in [3.63, 3.8) is 0 Å². The van der Waals surface area contributed by atoms with Gasteiger partial charge in [-0.25, -0.2) is 9.78 Å². The molecule has 1 aliphatic carbocycles. The van der Waals surface area contributed by atoms with E-state index >= 15 is 0 Å². The number of carboxylic acids is 1. The van der Waals surface area contributed by atoms with Crippen molar-refractivity contribution in [2.24, 2.45) is 0 Å². The minimum Gasteiger partial charge on any atom is -0.478 e. The van der Waals surface area contributed by atoms with Gasteiger partial charge in [0.15, 0.2) is 0 Å². The van der Waals surface area contributed by atoms with Gasteiger partial charge in [0, 0.05) is 11.8 Å². The molecular formula is C22H20N2O3. The molecule has 2 aromatic heterocycles. The van der Waals surface area contributed by atoms with Crippen LogP contribution in [0.2, 0.25) is 0 Å². The summed E-state index contributed by atoms with van der Waals surface area (Å²) in [4.78, 5) is 28.9. The predicted octanol–water partition coefficient (Wildman–Crippen LogP) is 3.89. The molecule has 5 heteroatoms. The highest BCUT2D eigenvalue weighted by molar-refractivity contribution is 5.88. The molecule has 0 aliphatic heterocycles. The second-order valence-electron chi connectivity index (χ2n) is 7.08. The van der Waals surface area contributed by atoms with Gasteiger partial charge in [-0.2, -0.15) is 0 Å². The van der Waals surface area contributed by atoms with E-state index in [-0.39, 0.29) is 11.1 Å². The van der Waals surface area contributed by atoms with Crippen LogP contribution in [0.4, 0.5) is 0 Å².